The predicted molar refractivity (Wildman–Crippen MR) is 84.4 cm³/mol. The zero-order valence-electron chi connectivity index (χ0n) is 10.3. The molecule has 0 N–H and O–H groups in total. The topological polar surface area (TPSA) is 37.4 Å². The molecule has 0 fully saturated rings. The average Bonchev–Trinajstić information content (AvgIpc) is 2.77. The molecule has 3 nitrogen and oxygen atoms in total. The summed E-state index contributed by atoms with van der Waals surface area (Å²) in [5, 5.41) is 0.464. The quantitative estimate of drug-likeness (QED) is 0.793. The van der Waals surface area contributed by atoms with Crippen molar-refractivity contribution in [3.05, 3.63) is 49.6 Å². The van der Waals surface area contributed by atoms with Crippen LogP contribution < -0.4 is 0 Å². The Morgan fingerprint density at radius 1 is 1.15 bits per heavy atom. The van der Waals surface area contributed by atoms with Gasteiger partial charge in [-0.05, 0) is 30.3 Å². The van der Waals surface area contributed by atoms with Gasteiger partial charge in [0.05, 0.1) is 9.36 Å². The van der Waals surface area contributed by atoms with Crippen LogP contribution in [0.15, 0.2) is 35.2 Å². The first kappa shape index (κ1) is 16.1. The smallest absolute Gasteiger partial charge is 0.207 e. The first-order chi connectivity index (χ1) is 9.30. The number of benzene rings is 1. The fourth-order valence-electron chi connectivity index (χ4n) is 1.58. The van der Waals surface area contributed by atoms with E-state index >= 15 is 0 Å². The molecule has 0 aliphatic carbocycles. The van der Waals surface area contributed by atoms with Crippen LogP contribution in [0.4, 0.5) is 0 Å². The molecule has 0 saturated carbocycles. The molecule has 1 aromatic heterocycles. The minimum atomic E-state index is -3.70. The van der Waals surface area contributed by atoms with Crippen LogP contribution in [-0.2, 0) is 16.6 Å². The molecule has 0 amide bonds. The van der Waals surface area contributed by atoms with Crippen LogP contribution in [-0.4, -0.2) is 19.8 Å². The maximum Gasteiger partial charge on any atom is 0.244 e. The van der Waals surface area contributed by atoms with E-state index in [0.29, 0.717) is 9.36 Å². The number of hydrogen-bond acceptors (Lipinski definition) is 3. The Morgan fingerprint density at radius 2 is 1.85 bits per heavy atom. The van der Waals surface area contributed by atoms with Crippen molar-refractivity contribution >= 4 is 56.2 Å². The van der Waals surface area contributed by atoms with Crippen LogP contribution in [0.25, 0.3) is 0 Å². The highest BCUT2D eigenvalue weighted by Gasteiger charge is 2.24. The van der Waals surface area contributed by atoms with Crippen LogP contribution in [0.3, 0.4) is 0 Å². The van der Waals surface area contributed by atoms with E-state index in [2.05, 4.69) is 0 Å². The van der Waals surface area contributed by atoms with Gasteiger partial charge in [-0.25, -0.2) is 8.42 Å². The monoisotopic (exact) mass is 369 g/mol. The zero-order valence-corrected chi connectivity index (χ0v) is 14.2. The van der Waals surface area contributed by atoms with E-state index in [1.807, 2.05) is 0 Å². The Kier molecular flexibility index (Phi) is 5.00. The van der Waals surface area contributed by atoms with Crippen molar-refractivity contribution in [3.63, 3.8) is 0 Å². The zero-order chi connectivity index (χ0) is 14.9. The van der Waals surface area contributed by atoms with E-state index in [1.165, 1.54) is 34.8 Å². The van der Waals surface area contributed by atoms with Crippen molar-refractivity contribution in [3.8, 4) is 0 Å². The van der Waals surface area contributed by atoms with Gasteiger partial charge in [0.1, 0.15) is 4.90 Å². The van der Waals surface area contributed by atoms with Gasteiger partial charge < -0.3 is 0 Å². The molecule has 0 atom stereocenters. The average molecular weight is 371 g/mol. The summed E-state index contributed by atoms with van der Waals surface area (Å²) in [4.78, 5) is 0.844. The Labute approximate surface area is 136 Å². The summed E-state index contributed by atoms with van der Waals surface area (Å²) >= 11 is 19.0. The summed E-state index contributed by atoms with van der Waals surface area (Å²) in [5.74, 6) is 0. The van der Waals surface area contributed by atoms with Crippen LogP contribution in [0, 0.1) is 0 Å². The number of rotatable bonds is 4. The molecule has 8 heteroatoms. The van der Waals surface area contributed by atoms with E-state index in [9.17, 15) is 8.42 Å². The first-order valence-corrected chi connectivity index (χ1v) is 8.85. The van der Waals surface area contributed by atoms with E-state index in [0.717, 1.165) is 4.88 Å². The summed E-state index contributed by atoms with van der Waals surface area (Å²) in [7, 11) is -2.21. The second kappa shape index (κ2) is 6.22. The fraction of sp³-hybridized carbons (Fsp3) is 0.167. The largest absolute Gasteiger partial charge is 0.244 e. The lowest BCUT2D eigenvalue weighted by molar-refractivity contribution is 0.469. The van der Waals surface area contributed by atoms with Crippen molar-refractivity contribution in [1.82, 2.24) is 4.31 Å². The third-order valence-electron chi connectivity index (χ3n) is 2.59. The lowest BCUT2D eigenvalue weighted by Crippen LogP contribution is -2.26. The van der Waals surface area contributed by atoms with Gasteiger partial charge in [0.2, 0.25) is 10.0 Å². The van der Waals surface area contributed by atoms with Gasteiger partial charge in [0, 0.05) is 23.5 Å². The minimum Gasteiger partial charge on any atom is -0.207 e. The van der Waals surface area contributed by atoms with Gasteiger partial charge in [-0.2, -0.15) is 4.31 Å². The van der Waals surface area contributed by atoms with Crippen molar-refractivity contribution in [2.75, 3.05) is 7.05 Å². The Morgan fingerprint density at radius 3 is 2.45 bits per heavy atom. The summed E-state index contributed by atoms with van der Waals surface area (Å²) in [6, 6.07) is 7.87. The van der Waals surface area contributed by atoms with E-state index in [-0.39, 0.29) is 16.5 Å². The Balaban J connectivity index is 2.32. The van der Waals surface area contributed by atoms with Crippen LogP contribution in [0.2, 0.25) is 14.4 Å². The number of thiophene rings is 1. The lowest BCUT2D eigenvalue weighted by Gasteiger charge is -2.17. The van der Waals surface area contributed by atoms with Crippen LogP contribution >= 0.6 is 46.1 Å². The van der Waals surface area contributed by atoms with Crippen LogP contribution in [0.1, 0.15) is 4.88 Å². The Bertz CT molecular complexity index is 728. The highest BCUT2D eigenvalue weighted by atomic mass is 35.5. The Hall–Kier alpha value is -0.300. The number of nitrogens with zero attached hydrogens (tertiary/aromatic N) is 1. The third-order valence-corrected chi connectivity index (χ3v) is 6.32. The summed E-state index contributed by atoms with van der Waals surface area (Å²) in [6.07, 6.45) is 0. The van der Waals surface area contributed by atoms with E-state index < -0.39 is 10.0 Å². The molecule has 1 heterocycles. The summed E-state index contributed by atoms with van der Waals surface area (Å²) in [5.41, 5.74) is 0. The minimum absolute atomic E-state index is 0.00294. The van der Waals surface area contributed by atoms with Crippen molar-refractivity contribution in [1.29, 1.82) is 0 Å². The summed E-state index contributed by atoms with van der Waals surface area (Å²) < 4.78 is 26.8. The molecule has 2 aromatic rings. The van der Waals surface area contributed by atoms with Gasteiger partial charge in [0.15, 0.2) is 0 Å². The molecule has 0 radical (unpaired) electrons. The third kappa shape index (κ3) is 3.47. The SMILES string of the molecule is CN(Cc1ccc(Cl)s1)S(=O)(=O)c1cc(Cl)ccc1Cl. The number of hydrogen-bond donors (Lipinski definition) is 0. The molecule has 0 aliphatic rings. The predicted octanol–water partition coefficient (Wildman–Crippen LogP) is 4.53. The second-order valence-electron chi connectivity index (χ2n) is 4.04. The van der Waals surface area contributed by atoms with Crippen LogP contribution in [0.5, 0.6) is 0 Å². The number of sulfonamides is 1. The van der Waals surface area contributed by atoms with E-state index in [4.69, 9.17) is 34.8 Å². The van der Waals surface area contributed by atoms with Gasteiger partial charge in [-0.3, -0.25) is 0 Å². The molecular formula is C12H10Cl3NO2S2. The van der Waals surface area contributed by atoms with Crippen molar-refractivity contribution < 1.29 is 8.42 Å². The lowest BCUT2D eigenvalue weighted by atomic mass is 10.4. The molecule has 0 unspecified atom stereocenters. The normalized spacial score (nSPS) is 12.1. The van der Waals surface area contributed by atoms with E-state index in [1.54, 1.807) is 18.2 Å². The highest BCUT2D eigenvalue weighted by molar-refractivity contribution is 7.89. The molecule has 0 spiro atoms. The van der Waals surface area contributed by atoms with Crippen molar-refractivity contribution in [2.24, 2.45) is 0 Å². The number of halogens is 3. The molecule has 1 aromatic carbocycles. The molecule has 20 heavy (non-hydrogen) atoms. The molecular weight excluding hydrogens is 361 g/mol. The fourth-order valence-corrected chi connectivity index (χ4v) is 4.69. The molecule has 0 bridgehead atoms. The first-order valence-electron chi connectivity index (χ1n) is 5.46. The highest BCUT2D eigenvalue weighted by Crippen LogP contribution is 2.29. The molecule has 0 aliphatic heterocycles. The van der Waals surface area contributed by atoms with Gasteiger partial charge >= 0.3 is 0 Å². The summed E-state index contributed by atoms with van der Waals surface area (Å²) in [6.45, 7) is 0.225. The molecule has 0 saturated heterocycles. The van der Waals surface area contributed by atoms with Gasteiger partial charge in [-0.1, -0.05) is 34.8 Å². The molecule has 108 valence electrons. The maximum atomic E-state index is 12.5. The second-order valence-corrected chi connectivity index (χ2v) is 8.70. The van der Waals surface area contributed by atoms with Gasteiger partial charge in [0.25, 0.3) is 0 Å². The standard InChI is InChI=1S/C12H10Cl3NO2S2/c1-16(7-9-3-5-12(15)19-9)20(17,18)11-6-8(13)2-4-10(11)14/h2-6H,7H2,1H3. The van der Waals surface area contributed by atoms with Gasteiger partial charge in [-0.15, -0.1) is 11.3 Å². The van der Waals surface area contributed by atoms with Crippen molar-refractivity contribution in [2.45, 2.75) is 11.4 Å². The molecule has 2 rings (SSSR count). The maximum absolute atomic E-state index is 12.5.